The molecule has 2 N–H and O–H groups in total. The first-order valence-electron chi connectivity index (χ1n) is 9.49. The Morgan fingerprint density at radius 2 is 2.00 bits per heavy atom. The molecule has 0 aromatic rings. The van der Waals surface area contributed by atoms with E-state index in [1.807, 2.05) is 13.0 Å². The summed E-state index contributed by atoms with van der Waals surface area (Å²) >= 11 is 0. The smallest absolute Gasteiger partial charge is 0.178 e. The quantitative estimate of drug-likeness (QED) is 0.767. The number of aliphatic hydroxyl groups is 2. The zero-order valence-electron chi connectivity index (χ0n) is 15.3. The standard InChI is InChI=1S/C21H28O4/c1-12(22)21(25)9-7-16-15-5-4-13-10-14(23)6-8-19(13,2)18(15)17(24)11-20(16,21)3/h6,8,10,15-18,24-25H,4-5,7,9,11H2,1-3H3/t15-,16+,17-,18-,19-,20+,21+/m0/s1. The highest BCUT2D eigenvalue weighted by atomic mass is 16.3. The Kier molecular flexibility index (Phi) is 3.53. The second kappa shape index (κ2) is 5.14. The van der Waals surface area contributed by atoms with Crippen LogP contribution in [0.5, 0.6) is 0 Å². The van der Waals surface area contributed by atoms with Crippen molar-refractivity contribution in [1.82, 2.24) is 0 Å². The van der Waals surface area contributed by atoms with Gasteiger partial charge in [0.05, 0.1) is 6.10 Å². The molecule has 0 spiro atoms. The van der Waals surface area contributed by atoms with Gasteiger partial charge in [-0.1, -0.05) is 25.5 Å². The molecule has 25 heavy (non-hydrogen) atoms. The van der Waals surface area contributed by atoms with Crippen molar-refractivity contribution < 1.29 is 19.8 Å². The van der Waals surface area contributed by atoms with E-state index < -0.39 is 17.1 Å². The van der Waals surface area contributed by atoms with E-state index in [1.165, 1.54) is 6.92 Å². The summed E-state index contributed by atoms with van der Waals surface area (Å²) in [5.74, 6) is 0.410. The monoisotopic (exact) mass is 344 g/mol. The minimum absolute atomic E-state index is 0.0351. The average Bonchev–Trinajstić information content (AvgIpc) is 2.80. The number of ketones is 2. The SMILES string of the molecule is CC(=O)[C@]1(O)CC[C@@H]2[C@@H]3CCC4=CC(=O)C=C[C@]4(C)[C@@H]3[C@@H](O)C[C@]21C. The van der Waals surface area contributed by atoms with Crippen LogP contribution < -0.4 is 0 Å². The minimum Gasteiger partial charge on any atom is -0.393 e. The van der Waals surface area contributed by atoms with Crippen molar-refractivity contribution in [3.63, 3.8) is 0 Å². The van der Waals surface area contributed by atoms with Crippen molar-refractivity contribution >= 4 is 11.6 Å². The van der Waals surface area contributed by atoms with Crippen molar-refractivity contribution in [2.75, 3.05) is 0 Å². The van der Waals surface area contributed by atoms with Gasteiger partial charge in [0.15, 0.2) is 11.6 Å². The highest BCUT2D eigenvalue weighted by Gasteiger charge is 2.67. The Hall–Kier alpha value is -1.26. The molecule has 4 aliphatic carbocycles. The molecule has 0 heterocycles. The number of fused-ring (bicyclic) bond motifs is 5. The second-order valence-electron chi connectivity index (χ2n) is 9.17. The third kappa shape index (κ3) is 2.01. The Bertz CT molecular complexity index is 707. The molecule has 0 bridgehead atoms. The van der Waals surface area contributed by atoms with Gasteiger partial charge in [0, 0.05) is 16.7 Å². The Morgan fingerprint density at radius 3 is 2.68 bits per heavy atom. The molecule has 0 saturated heterocycles. The third-order valence-electron chi connectivity index (χ3n) is 8.23. The zero-order valence-corrected chi connectivity index (χ0v) is 15.3. The van der Waals surface area contributed by atoms with E-state index in [0.29, 0.717) is 12.8 Å². The predicted molar refractivity (Wildman–Crippen MR) is 93.6 cm³/mol. The highest BCUT2D eigenvalue weighted by molar-refractivity contribution is 6.01. The van der Waals surface area contributed by atoms with Crippen LogP contribution in [0.4, 0.5) is 0 Å². The average molecular weight is 344 g/mol. The first-order valence-corrected chi connectivity index (χ1v) is 9.49. The van der Waals surface area contributed by atoms with Gasteiger partial charge in [-0.05, 0) is 63.0 Å². The lowest BCUT2D eigenvalue weighted by molar-refractivity contribution is -0.175. The van der Waals surface area contributed by atoms with Gasteiger partial charge in [-0.3, -0.25) is 9.59 Å². The molecule has 4 aliphatic rings. The van der Waals surface area contributed by atoms with Crippen LogP contribution in [0.25, 0.3) is 0 Å². The van der Waals surface area contributed by atoms with Crippen LogP contribution in [0, 0.1) is 28.6 Å². The van der Waals surface area contributed by atoms with Crippen LogP contribution in [0.3, 0.4) is 0 Å². The lowest BCUT2D eigenvalue weighted by Crippen LogP contribution is -2.61. The molecular weight excluding hydrogens is 316 g/mol. The molecule has 0 aliphatic heterocycles. The summed E-state index contributed by atoms with van der Waals surface area (Å²) in [6.07, 6.45) is 8.32. The molecule has 136 valence electrons. The number of hydrogen-bond acceptors (Lipinski definition) is 4. The van der Waals surface area contributed by atoms with Crippen molar-refractivity contribution in [2.24, 2.45) is 28.6 Å². The maximum Gasteiger partial charge on any atom is 0.178 e. The molecule has 4 heteroatoms. The molecule has 0 aromatic carbocycles. The van der Waals surface area contributed by atoms with E-state index in [0.717, 1.165) is 24.8 Å². The topological polar surface area (TPSA) is 74.6 Å². The third-order valence-corrected chi connectivity index (χ3v) is 8.23. The summed E-state index contributed by atoms with van der Waals surface area (Å²) in [6.45, 7) is 5.61. The fourth-order valence-corrected chi connectivity index (χ4v) is 6.91. The molecule has 4 rings (SSSR count). The first kappa shape index (κ1) is 17.2. The van der Waals surface area contributed by atoms with Crippen LogP contribution in [-0.2, 0) is 9.59 Å². The number of carbonyl (C=O) groups excluding carboxylic acids is 2. The van der Waals surface area contributed by atoms with Gasteiger partial charge in [0.1, 0.15) is 5.60 Å². The van der Waals surface area contributed by atoms with E-state index in [9.17, 15) is 19.8 Å². The summed E-state index contributed by atoms with van der Waals surface area (Å²) in [5, 5.41) is 22.3. The van der Waals surface area contributed by atoms with Crippen LogP contribution in [0.1, 0.15) is 52.9 Å². The van der Waals surface area contributed by atoms with E-state index >= 15 is 0 Å². The van der Waals surface area contributed by atoms with Gasteiger partial charge in [-0.2, -0.15) is 0 Å². The minimum atomic E-state index is -1.32. The number of aliphatic hydroxyl groups excluding tert-OH is 1. The molecule has 4 nitrogen and oxygen atoms in total. The van der Waals surface area contributed by atoms with Gasteiger partial charge >= 0.3 is 0 Å². The zero-order chi connectivity index (χ0) is 18.2. The Morgan fingerprint density at radius 1 is 1.28 bits per heavy atom. The number of allylic oxidation sites excluding steroid dienone is 4. The number of rotatable bonds is 1. The van der Waals surface area contributed by atoms with Crippen molar-refractivity contribution in [3.05, 3.63) is 23.8 Å². The predicted octanol–water partition coefficient (Wildman–Crippen LogP) is 2.59. The van der Waals surface area contributed by atoms with Crippen LogP contribution in [0.15, 0.2) is 23.8 Å². The van der Waals surface area contributed by atoms with Crippen molar-refractivity contribution in [1.29, 1.82) is 0 Å². The lowest BCUT2D eigenvalue weighted by Gasteiger charge is -2.59. The van der Waals surface area contributed by atoms with Gasteiger partial charge in [0.2, 0.25) is 0 Å². The highest BCUT2D eigenvalue weighted by Crippen LogP contribution is 2.66. The molecule has 0 radical (unpaired) electrons. The maximum atomic E-state index is 12.2. The molecule has 0 aromatic heterocycles. The summed E-state index contributed by atoms with van der Waals surface area (Å²) in [6, 6.07) is 0. The molecule has 3 fully saturated rings. The molecular formula is C21H28O4. The van der Waals surface area contributed by atoms with Gasteiger partial charge in [-0.25, -0.2) is 0 Å². The van der Waals surface area contributed by atoms with Crippen LogP contribution >= 0.6 is 0 Å². The van der Waals surface area contributed by atoms with E-state index in [2.05, 4.69) is 6.92 Å². The molecule has 7 atom stereocenters. The largest absolute Gasteiger partial charge is 0.393 e. The summed E-state index contributed by atoms with van der Waals surface area (Å²) < 4.78 is 0. The summed E-state index contributed by atoms with van der Waals surface area (Å²) in [7, 11) is 0. The van der Waals surface area contributed by atoms with E-state index in [4.69, 9.17) is 0 Å². The Labute approximate surface area is 149 Å². The van der Waals surface area contributed by atoms with Crippen molar-refractivity contribution in [3.8, 4) is 0 Å². The van der Waals surface area contributed by atoms with E-state index in [1.54, 1.807) is 12.2 Å². The molecule has 3 saturated carbocycles. The van der Waals surface area contributed by atoms with Gasteiger partial charge in [0.25, 0.3) is 0 Å². The molecule has 0 amide bonds. The fraction of sp³-hybridized carbons (Fsp3) is 0.714. The maximum absolute atomic E-state index is 12.2. The fourth-order valence-electron chi connectivity index (χ4n) is 6.91. The summed E-state index contributed by atoms with van der Waals surface area (Å²) in [4.78, 5) is 24.0. The number of carbonyl (C=O) groups is 2. The lowest BCUT2D eigenvalue weighted by atomic mass is 9.46. The second-order valence-corrected chi connectivity index (χ2v) is 9.17. The van der Waals surface area contributed by atoms with Crippen molar-refractivity contribution in [2.45, 2.75) is 64.6 Å². The normalized spacial score (nSPS) is 51.4. The van der Waals surface area contributed by atoms with Crippen LogP contribution in [-0.4, -0.2) is 33.5 Å². The number of hydrogen-bond donors (Lipinski definition) is 2. The van der Waals surface area contributed by atoms with E-state index in [-0.39, 0.29) is 34.7 Å². The first-order chi connectivity index (χ1) is 11.6. The van der Waals surface area contributed by atoms with Gasteiger partial charge in [-0.15, -0.1) is 0 Å². The number of Topliss-reactive ketones (excluding diaryl/α,β-unsaturated/α-hetero) is 1. The summed E-state index contributed by atoms with van der Waals surface area (Å²) in [5.41, 5.74) is -1.05. The molecule has 0 unspecified atom stereocenters. The van der Waals surface area contributed by atoms with Crippen LogP contribution in [0.2, 0.25) is 0 Å². The van der Waals surface area contributed by atoms with Gasteiger partial charge < -0.3 is 10.2 Å². The Balaban J connectivity index is 1.76.